The van der Waals surface area contributed by atoms with Crippen molar-refractivity contribution in [3.63, 3.8) is 0 Å². The first-order valence-electron chi connectivity index (χ1n) is 7.59. The van der Waals surface area contributed by atoms with Crippen LogP contribution in [-0.2, 0) is 6.42 Å². The average molecular weight is 321 g/mol. The highest BCUT2D eigenvalue weighted by atomic mass is 32.1. The molecule has 0 radical (unpaired) electrons. The molecule has 3 heterocycles. The first-order chi connectivity index (χ1) is 10.7. The summed E-state index contributed by atoms with van der Waals surface area (Å²) in [6.45, 7) is 5.27. The maximum atomic E-state index is 12.6. The van der Waals surface area contributed by atoms with Crippen molar-refractivity contribution in [1.29, 1.82) is 0 Å². The molecule has 0 aliphatic carbocycles. The standard InChI is InChI=1S/C14H19N5O2S/c1-3-5-11-15-13(21-17-11)10-6-4-7-19(8-10)14(20)12-9(2)16-18-22-12/h10H,3-8H2,1-2H3. The maximum absolute atomic E-state index is 12.6. The largest absolute Gasteiger partial charge is 0.339 e. The van der Waals surface area contributed by atoms with Gasteiger partial charge in [-0.3, -0.25) is 4.79 Å². The number of carbonyl (C=O) groups excluding carboxylic acids is 1. The Morgan fingerprint density at radius 2 is 2.36 bits per heavy atom. The minimum Gasteiger partial charge on any atom is -0.339 e. The Morgan fingerprint density at radius 1 is 1.50 bits per heavy atom. The van der Waals surface area contributed by atoms with E-state index >= 15 is 0 Å². The molecule has 0 saturated carbocycles. The molecule has 0 aromatic carbocycles. The number of aryl methyl sites for hydroxylation is 2. The Bertz CT molecular complexity index is 653. The number of nitrogens with zero attached hydrogens (tertiary/aromatic N) is 5. The van der Waals surface area contributed by atoms with Crippen molar-refractivity contribution in [2.45, 2.75) is 45.4 Å². The van der Waals surface area contributed by atoms with Gasteiger partial charge in [-0.15, -0.1) is 5.10 Å². The molecule has 2 aromatic rings. The molecule has 2 aromatic heterocycles. The molecule has 1 aliphatic heterocycles. The summed E-state index contributed by atoms with van der Waals surface area (Å²) in [5.74, 6) is 1.53. The zero-order valence-corrected chi connectivity index (χ0v) is 13.6. The Hall–Kier alpha value is -1.83. The molecule has 1 fully saturated rings. The molecule has 0 N–H and O–H groups in total. The van der Waals surface area contributed by atoms with E-state index in [2.05, 4.69) is 26.7 Å². The van der Waals surface area contributed by atoms with Gasteiger partial charge >= 0.3 is 0 Å². The summed E-state index contributed by atoms with van der Waals surface area (Å²) >= 11 is 1.16. The van der Waals surface area contributed by atoms with Crippen molar-refractivity contribution in [1.82, 2.24) is 24.6 Å². The van der Waals surface area contributed by atoms with Crippen molar-refractivity contribution >= 4 is 17.4 Å². The number of carbonyl (C=O) groups is 1. The lowest BCUT2D eigenvalue weighted by atomic mass is 9.97. The molecule has 0 bridgehead atoms. The second-order valence-corrected chi connectivity index (χ2v) is 6.33. The van der Waals surface area contributed by atoms with Crippen molar-refractivity contribution < 1.29 is 9.32 Å². The Labute approximate surface area is 132 Å². The minimum atomic E-state index is 0.00509. The van der Waals surface area contributed by atoms with Crippen LogP contribution in [-0.4, -0.2) is 43.6 Å². The Balaban J connectivity index is 1.71. The van der Waals surface area contributed by atoms with Crippen molar-refractivity contribution in [3.8, 4) is 0 Å². The SMILES string of the molecule is CCCc1noc(C2CCCN(C(=O)c3snnc3C)C2)n1. The molecule has 118 valence electrons. The van der Waals surface area contributed by atoms with Crippen LogP contribution in [0.2, 0.25) is 0 Å². The van der Waals surface area contributed by atoms with Crippen molar-refractivity contribution in [2.75, 3.05) is 13.1 Å². The van der Waals surface area contributed by atoms with Gasteiger partial charge in [0.05, 0.1) is 11.6 Å². The molecule has 1 unspecified atom stereocenters. The van der Waals surface area contributed by atoms with E-state index in [4.69, 9.17) is 4.52 Å². The van der Waals surface area contributed by atoms with E-state index in [9.17, 15) is 4.79 Å². The fourth-order valence-electron chi connectivity index (χ4n) is 2.69. The lowest BCUT2D eigenvalue weighted by Gasteiger charge is -2.30. The number of hydrogen-bond acceptors (Lipinski definition) is 7. The summed E-state index contributed by atoms with van der Waals surface area (Å²) in [5.41, 5.74) is 0.695. The molecule has 0 spiro atoms. The second kappa shape index (κ2) is 6.51. The molecule has 22 heavy (non-hydrogen) atoms. The van der Waals surface area contributed by atoms with Crippen LogP contribution >= 0.6 is 11.5 Å². The normalized spacial score (nSPS) is 18.6. The maximum Gasteiger partial charge on any atom is 0.267 e. The van der Waals surface area contributed by atoms with E-state index in [0.29, 0.717) is 23.0 Å². The summed E-state index contributed by atoms with van der Waals surface area (Å²) in [6, 6.07) is 0. The van der Waals surface area contributed by atoms with Crippen LogP contribution < -0.4 is 0 Å². The quantitative estimate of drug-likeness (QED) is 0.858. The van der Waals surface area contributed by atoms with Crippen LogP contribution in [0.25, 0.3) is 0 Å². The van der Waals surface area contributed by atoms with Gasteiger partial charge in [-0.1, -0.05) is 16.6 Å². The van der Waals surface area contributed by atoms with Crippen LogP contribution in [0.4, 0.5) is 0 Å². The van der Waals surface area contributed by atoms with Crippen LogP contribution in [0.5, 0.6) is 0 Å². The van der Waals surface area contributed by atoms with Crippen LogP contribution in [0, 0.1) is 6.92 Å². The van der Waals surface area contributed by atoms with E-state index in [0.717, 1.165) is 49.6 Å². The smallest absolute Gasteiger partial charge is 0.267 e. The summed E-state index contributed by atoms with van der Waals surface area (Å²) in [6.07, 6.45) is 3.72. The summed E-state index contributed by atoms with van der Waals surface area (Å²) in [7, 11) is 0. The highest BCUT2D eigenvalue weighted by molar-refractivity contribution is 7.07. The Kier molecular flexibility index (Phi) is 4.47. The number of rotatable bonds is 4. The zero-order valence-electron chi connectivity index (χ0n) is 12.8. The van der Waals surface area contributed by atoms with Gasteiger partial charge in [0, 0.05) is 19.5 Å². The molecule has 1 atom stereocenters. The lowest BCUT2D eigenvalue weighted by molar-refractivity contribution is 0.0699. The molecule has 7 nitrogen and oxygen atoms in total. The summed E-state index contributed by atoms with van der Waals surface area (Å²) in [4.78, 5) is 19.5. The van der Waals surface area contributed by atoms with Gasteiger partial charge in [-0.05, 0) is 37.7 Å². The summed E-state index contributed by atoms with van der Waals surface area (Å²) < 4.78 is 9.22. The third-order valence-electron chi connectivity index (χ3n) is 3.86. The highest BCUT2D eigenvalue weighted by Crippen LogP contribution is 2.27. The molecular formula is C14H19N5O2S. The van der Waals surface area contributed by atoms with E-state index in [1.165, 1.54) is 0 Å². The molecule has 3 rings (SSSR count). The second-order valence-electron chi connectivity index (χ2n) is 5.58. The lowest BCUT2D eigenvalue weighted by Crippen LogP contribution is -2.39. The number of amides is 1. The minimum absolute atomic E-state index is 0.00509. The van der Waals surface area contributed by atoms with Crippen LogP contribution in [0.1, 0.15) is 59.2 Å². The average Bonchev–Trinajstić information content (AvgIpc) is 3.16. The predicted molar refractivity (Wildman–Crippen MR) is 80.8 cm³/mol. The Morgan fingerprint density at radius 3 is 3.09 bits per heavy atom. The number of aromatic nitrogens is 4. The van der Waals surface area contributed by atoms with Crippen LogP contribution in [0.3, 0.4) is 0 Å². The van der Waals surface area contributed by atoms with Crippen molar-refractivity contribution in [2.24, 2.45) is 0 Å². The van der Waals surface area contributed by atoms with Crippen LogP contribution in [0.15, 0.2) is 4.52 Å². The van der Waals surface area contributed by atoms with Gasteiger partial charge in [0.25, 0.3) is 5.91 Å². The molecular weight excluding hydrogens is 302 g/mol. The van der Waals surface area contributed by atoms with E-state index in [1.54, 1.807) is 0 Å². The fraction of sp³-hybridized carbons (Fsp3) is 0.643. The topological polar surface area (TPSA) is 85.0 Å². The molecule has 8 heteroatoms. The number of hydrogen-bond donors (Lipinski definition) is 0. The third-order valence-corrected chi connectivity index (χ3v) is 4.68. The number of piperidine rings is 1. The monoisotopic (exact) mass is 321 g/mol. The predicted octanol–water partition coefficient (Wildman–Crippen LogP) is 2.20. The van der Waals surface area contributed by atoms with E-state index < -0.39 is 0 Å². The zero-order chi connectivity index (χ0) is 15.5. The van der Waals surface area contributed by atoms with Gasteiger partial charge in [-0.25, -0.2) is 0 Å². The fourth-order valence-corrected chi connectivity index (χ4v) is 3.32. The molecule has 1 saturated heterocycles. The molecule has 1 aliphatic rings. The molecule has 1 amide bonds. The first kappa shape index (κ1) is 15.1. The summed E-state index contributed by atoms with van der Waals surface area (Å²) in [5, 5.41) is 7.92. The highest BCUT2D eigenvalue weighted by Gasteiger charge is 2.30. The van der Waals surface area contributed by atoms with Gasteiger partial charge in [0.1, 0.15) is 4.88 Å². The number of likely N-dealkylation sites (tertiary alicyclic amines) is 1. The van der Waals surface area contributed by atoms with Gasteiger partial charge < -0.3 is 9.42 Å². The van der Waals surface area contributed by atoms with Gasteiger partial charge in [0.2, 0.25) is 5.89 Å². The van der Waals surface area contributed by atoms with Gasteiger partial charge in [-0.2, -0.15) is 4.98 Å². The van der Waals surface area contributed by atoms with Gasteiger partial charge in [0.15, 0.2) is 5.82 Å². The third kappa shape index (κ3) is 3.01. The van der Waals surface area contributed by atoms with Crippen molar-refractivity contribution in [3.05, 3.63) is 22.3 Å². The first-order valence-corrected chi connectivity index (χ1v) is 8.37. The van der Waals surface area contributed by atoms with E-state index in [1.807, 2.05) is 11.8 Å². The van der Waals surface area contributed by atoms with E-state index in [-0.39, 0.29) is 11.8 Å².